The van der Waals surface area contributed by atoms with Gasteiger partial charge in [-0.1, -0.05) is 25.0 Å². The number of hydrogen-bond donors (Lipinski definition) is 2. The molecule has 0 spiro atoms. The molecule has 1 saturated carbocycles. The van der Waals surface area contributed by atoms with Crippen LogP contribution in [0.15, 0.2) is 24.3 Å². The molecule has 1 fully saturated rings. The highest BCUT2D eigenvalue weighted by molar-refractivity contribution is 5.96. The van der Waals surface area contributed by atoms with Gasteiger partial charge in [-0.2, -0.15) is 8.78 Å². The van der Waals surface area contributed by atoms with Crippen molar-refractivity contribution in [2.45, 2.75) is 38.3 Å². The zero-order valence-electron chi connectivity index (χ0n) is 11.7. The Labute approximate surface area is 122 Å². The lowest BCUT2D eigenvalue weighted by Crippen LogP contribution is -2.41. The van der Waals surface area contributed by atoms with E-state index in [2.05, 4.69) is 10.1 Å². The van der Waals surface area contributed by atoms with Crippen molar-refractivity contribution in [1.29, 1.82) is 0 Å². The quantitative estimate of drug-likeness (QED) is 0.878. The lowest BCUT2D eigenvalue weighted by atomic mass is 9.85. The molecule has 3 N–H and O–H groups in total. The van der Waals surface area contributed by atoms with Gasteiger partial charge in [0.05, 0.1) is 5.56 Å². The summed E-state index contributed by atoms with van der Waals surface area (Å²) >= 11 is 0. The van der Waals surface area contributed by atoms with Crippen LogP contribution >= 0.6 is 0 Å². The zero-order chi connectivity index (χ0) is 15.2. The number of hydrogen-bond acceptors (Lipinski definition) is 3. The molecule has 2 atom stereocenters. The van der Waals surface area contributed by atoms with Gasteiger partial charge in [0, 0.05) is 12.6 Å². The van der Waals surface area contributed by atoms with Crippen LogP contribution in [0.5, 0.6) is 5.75 Å². The van der Waals surface area contributed by atoms with Gasteiger partial charge in [0.15, 0.2) is 0 Å². The molecule has 0 aromatic heterocycles. The third-order valence-corrected chi connectivity index (χ3v) is 3.84. The Bertz CT molecular complexity index is 482. The van der Waals surface area contributed by atoms with E-state index in [1.165, 1.54) is 12.1 Å². The molecule has 116 valence electrons. The summed E-state index contributed by atoms with van der Waals surface area (Å²) in [5.41, 5.74) is 6.14. The standard InChI is InChI=1S/C15H20F2N2O2/c16-15(17)21-13-8-4-2-6-11(13)14(20)19-9-10-5-1-3-7-12(10)18/h2,4,6,8,10,12,15H,1,3,5,7,9,18H2,(H,19,20). The van der Waals surface area contributed by atoms with Gasteiger partial charge in [0.1, 0.15) is 5.75 Å². The predicted octanol–water partition coefficient (Wildman–Crippen LogP) is 2.54. The lowest BCUT2D eigenvalue weighted by molar-refractivity contribution is -0.0501. The van der Waals surface area contributed by atoms with Crippen molar-refractivity contribution in [2.75, 3.05) is 6.54 Å². The van der Waals surface area contributed by atoms with Crippen LogP contribution in [-0.2, 0) is 0 Å². The fourth-order valence-corrected chi connectivity index (χ4v) is 2.66. The third kappa shape index (κ3) is 4.39. The van der Waals surface area contributed by atoms with Crippen molar-refractivity contribution in [2.24, 2.45) is 11.7 Å². The van der Waals surface area contributed by atoms with Crippen molar-refractivity contribution in [3.63, 3.8) is 0 Å². The minimum Gasteiger partial charge on any atom is -0.434 e. The first-order chi connectivity index (χ1) is 10.1. The monoisotopic (exact) mass is 298 g/mol. The molecular formula is C15H20F2N2O2. The smallest absolute Gasteiger partial charge is 0.387 e. The number of carbonyl (C=O) groups excluding carboxylic acids is 1. The average Bonchev–Trinajstić information content (AvgIpc) is 2.46. The zero-order valence-corrected chi connectivity index (χ0v) is 11.7. The number of halogens is 2. The predicted molar refractivity (Wildman–Crippen MR) is 75.3 cm³/mol. The maximum atomic E-state index is 12.3. The third-order valence-electron chi connectivity index (χ3n) is 3.84. The van der Waals surface area contributed by atoms with Crippen molar-refractivity contribution in [1.82, 2.24) is 5.32 Å². The van der Waals surface area contributed by atoms with Gasteiger partial charge in [-0.05, 0) is 30.9 Å². The first kappa shape index (κ1) is 15.7. The van der Waals surface area contributed by atoms with Crippen LogP contribution in [0.1, 0.15) is 36.0 Å². The second kappa shape index (κ2) is 7.36. The fourth-order valence-electron chi connectivity index (χ4n) is 2.66. The molecule has 0 saturated heterocycles. The second-order valence-corrected chi connectivity index (χ2v) is 5.29. The molecule has 2 rings (SSSR count). The van der Waals surface area contributed by atoms with E-state index in [1.54, 1.807) is 12.1 Å². The first-order valence-electron chi connectivity index (χ1n) is 7.15. The summed E-state index contributed by atoms with van der Waals surface area (Å²) < 4.78 is 29.0. The van der Waals surface area contributed by atoms with Crippen LogP contribution < -0.4 is 15.8 Å². The van der Waals surface area contributed by atoms with E-state index < -0.39 is 12.5 Å². The molecule has 0 radical (unpaired) electrons. The summed E-state index contributed by atoms with van der Waals surface area (Å²) in [4.78, 5) is 12.1. The largest absolute Gasteiger partial charge is 0.434 e. The van der Waals surface area contributed by atoms with Gasteiger partial charge in [0.25, 0.3) is 5.91 Å². The highest BCUT2D eigenvalue weighted by Gasteiger charge is 2.23. The maximum absolute atomic E-state index is 12.3. The summed E-state index contributed by atoms with van der Waals surface area (Å²) in [7, 11) is 0. The van der Waals surface area contributed by atoms with E-state index in [-0.39, 0.29) is 23.3 Å². The number of amides is 1. The SMILES string of the molecule is NC1CCCCC1CNC(=O)c1ccccc1OC(F)F. The van der Waals surface area contributed by atoms with Crippen LogP contribution in [0.3, 0.4) is 0 Å². The number of alkyl halides is 2. The molecule has 0 aliphatic heterocycles. The van der Waals surface area contributed by atoms with Gasteiger partial charge in [-0.25, -0.2) is 0 Å². The molecule has 0 heterocycles. The molecule has 21 heavy (non-hydrogen) atoms. The first-order valence-corrected chi connectivity index (χ1v) is 7.15. The number of ether oxygens (including phenoxy) is 1. The number of carbonyl (C=O) groups is 1. The van der Waals surface area contributed by atoms with E-state index in [1.807, 2.05) is 0 Å². The number of rotatable bonds is 5. The minimum absolute atomic E-state index is 0.0895. The highest BCUT2D eigenvalue weighted by Crippen LogP contribution is 2.23. The molecule has 0 bridgehead atoms. The number of nitrogens with two attached hydrogens (primary N) is 1. The molecule has 1 aliphatic rings. The summed E-state index contributed by atoms with van der Waals surface area (Å²) in [6.07, 6.45) is 4.18. The fraction of sp³-hybridized carbons (Fsp3) is 0.533. The van der Waals surface area contributed by atoms with Crippen LogP contribution in [-0.4, -0.2) is 25.1 Å². The topological polar surface area (TPSA) is 64.3 Å². The van der Waals surface area contributed by atoms with E-state index >= 15 is 0 Å². The van der Waals surface area contributed by atoms with Crippen molar-refractivity contribution >= 4 is 5.91 Å². The Kier molecular flexibility index (Phi) is 5.50. The molecule has 1 aliphatic carbocycles. The Hall–Kier alpha value is -1.69. The lowest BCUT2D eigenvalue weighted by Gasteiger charge is -2.28. The summed E-state index contributed by atoms with van der Waals surface area (Å²) in [5.74, 6) is -0.284. The van der Waals surface area contributed by atoms with Crippen LogP contribution in [0.4, 0.5) is 8.78 Å². The molecule has 6 heteroatoms. The van der Waals surface area contributed by atoms with Gasteiger partial charge < -0.3 is 15.8 Å². The highest BCUT2D eigenvalue weighted by atomic mass is 19.3. The van der Waals surface area contributed by atoms with Crippen LogP contribution in [0, 0.1) is 5.92 Å². The Morgan fingerprint density at radius 3 is 2.76 bits per heavy atom. The number of benzene rings is 1. The molecule has 1 aromatic carbocycles. The average molecular weight is 298 g/mol. The van der Waals surface area contributed by atoms with E-state index in [0.717, 1.165) is 25.7 Å². The Morgan fingerprint density at radius 2 is 2.05 bits per heavy atom. The normalized spacial score (nSPS) is 22.1. The van der Waals surface area contributed by atoms with E-state index in [4.69, 9.17) is 5.73 Å². The van der Waals surface area contributed by atoms with Gasteiger partial charge in [-0.3, -0.25) is 4.79 Å². The van der Waals surface area contributed by atoms with E-state index in [9.17, 15) is 13.6 Å². The van der Waals surface area contributed by atoms with Crippen molar-refractivity contribution < 1.29 is 18.3 Å². The molecule has 1 aromatic rings. The van der Waals surface area contributed by atoms with Crippen molar-refractivity contribution in [3.05, 3.63) is 29.8 Å². The summed E-state index contributed by atoms with van der Waals surface area (Å²) in [6.45, 7) is -2.49. The molecule has 4 nitrogen and oxygen atoms in total. The van der Waals surface area contributed by atoms with Gasteiger partial charge in [0.2, 0.25) is 0 Å². The molecule has 1 amide bonds. The number of para-hydroxylation sites is 1. The van der Waals surface area contributed by atoms with Gasteiger partial charge >= 0.3 is 6.61 Å². The maximum Gasteiger partial charge on any atom is 0.387 e. The Balaban J connectivity index is 1.96. The summed E-state index contributed by atoms with van der Waals surface area (Å²) in [6, 6.07) is 6.07. The molecular weight excluding hydrogens is 278 g/mol. The van der Waals surface area contributed by atoms with Crippen molar-refractivity contribution in [3.8, 4) is 5.75 Å². The second-order valence-electron chi connectivity index (χ2n) is 5.29. The Morgan fingerprint density at radius 1 is 1.33 bits per heavy atom. The van der Waals surface area contributed by atoms with E-state index in [0.29, 0.717) is 6.54 Å². The van der Waals surface area contributed by atoms with Gasteiger partial charge in [-0.15, -0.1) is 0 Å². The van der Waals surface area contributed by atoms with Crippen LogP contribution in [0.2, 0.25) is 0 Å². The van der Waals surface area contributed by atoms with Crippen LogP contribution in [0.25, 0.3) is 0 Å². The summed E-state index contributed by atoms with van der Waals surface area (Å²) in [5, 5.41) is 2.77. The minimum atomic E-state index is -2.95. The molecule has 2 unspecified atom stereocenters. The number of nitrogens with one attached hydrogen (secondary N) is 1.